The van der Waals surface area contributed by atoms with E-state index >= 15 is 0 Å². The molecule has 0 saturated heterocycles. The van der Waals surface area contributed by atoms with Gasteiger partial charge in [0, 0.05) is 45.2 Å². The number of hydrogen-bond acceptors (Lipinski definition) is 3. The number of benzene rings is 4. The Bertz CT molecular complexity index is 2550. The van der Waals surface area contributed by atoms with Crippen LogP contribution in [0.3, 0.4) is 0 Å². The Morgan fingerprint density at radius 2 is 1.44 bits per heavy atom. The van der Waals surface area contributed by atoms with E-state index in [1.165, 1.54) is 44.1 Å². The molecule has 0 saturated carbocycles. The normalized spacial score (nSPS) is 12.8. The SMILES string of the molecule is c1ccc(-n2c3cc4c(cc3c3ccc5c(c32)-c2ccccc2C5)c2nc3cccnc3n2c2cccnc42)cc1. The average molecular weight is 524 g/mol. The van der Waals surface area contributed by atoms with E-state index in [9.17, 15) is 0 Å². The lowest BCUT2D eigenvalue weighted by Gasteiger charge is -2.12. The van der Waals surface area contributed by atoms with Gasteiger partial charge in [-0.25, -0.2) is 9.97 Å². The molecule has 5 aromatic heterocycles. The van der Waals surface area contributed by atoms with Gasteiger partial charge in [0.15, 0.2) is 5.65 Å². The molecule has 0 bridgehead atoms. The van der Waals surface area contributed by atoms with Crippen LogP contribution in [-0.4, -0.2) is 23.9 Å². The van der Waals surface area contributed by atoms with E-state index < -0.39 is 0 Å². The molecule has 5 nitrogen and oxygen atoms in total. The van der Waals surface area contributed by atoms with Crippen LogP contribution in [0.25, 0.3) is 77.2 Å². The van der Waals surface area contributed by atoms with Crippen LogP contribution in [-0.2, 0) is 6.42 Å². The van der Waals surface area contributed by atoms with Gasteiger partial charge in [-0.05, 0) is 71.6 Å². The molecule has 0 radical (unpaired) electrons. The number of rotatable bonds is 1. The summed E-state index contributed by atoms with van der Waals surface area (Å²) in [6, 6.07) is 36.9. The van der Waals surface area contributed by atoms with Gasteiger partial charge < -0.3 is 4.57 Å². The van der Waals surface area contributed by atoms with Gasteiger partial charge in [0.1, 0.15) is 11.2 Å². The molecular formula is C36H21N5. The van der Waals surface area contributed by atoms with Crippen LogP contribution in [0.4, 0.5) is 0 Å². The van der Waals surface area contributed by atoms with Crippen LogP contribution < -0.4 is 0 Å². The number of nitrogens with zero attached hydrogens (tertiary/aromatic N) is 5. The minimum absolute atomic E-state index is 0.851. The van der Waals surface area contributed by atoms with Crippen LogP contribution in [0, 0.1) is 0 Å². The number of aromatic nitrogens is 5. The largest absolute Gasteiger partial charge is 0.309 e. The summed E-state index contributed by atoms with van der Waals surface area (Å²) in [5, 5.41) is 4.62. The molecule has 0 aliphatic heterocycles. The molecule has 0 amide bonds. The first-order valence-electron chi connectivity index (χ1n) is 13.9. The number of imidazole rings is 1. The van der Waals surface area contributed by atoms with Crippen LogP contribution >= 0.6 is 0 Å². The fourth-order valence-electron chi connectivity index (χ4n) is 7.10. The lowest BCUT2D eigenvalue weighted by molar-refractivity contribution is 1.18. The van der Waals surface area contributed by atoms with E-state index in [0.29, 0.717) is 0 Å². The van der Waals surface area contributed by atoms with Gasteiger partial charge >= 0.3 is 0 Å². The summed E-state index contributed by atoms with van der Waals surface area (Å²) in [6.07, 6.45) is 4.67. The third-order valence-electron chi connectivity index (χ3n) is 8.78. The molecule has 0 atom stereocenters. The van der Waals surface area contributed by atoms with E-state index in [2.05, 4.69) is 93.9 Å². The molecule has 9 aromatic rings. The predicted molar refractivity (Wildman–Crippen MR) is 166 cm³/mol. The maximum Gasteiger partial charge on any atom is 0.165 e. The van der Waals surface area contributed by atoms with Crippen molar-refractivity contribution in [1.29, 1.82) is 0 Å². The van der Waals surface area contributed by atoms with E-state index in [0.717, 1.165) is 50.7 Å². The van der Waals surface area contributed by atoms with Gasteiger partial charge in [0.2, 0.25) is 0 Å². The van der Waals surface area contributed by atoms with E-state index in [4.69, 9.17) is 15.0 Å². The summed E-state index contributed by atoms with van der Waals surface area (Å²) >= 11 is 0. The van der Waals surface area contributed by atoms with Gasteiger partial charge in [0.05, 0.1) is 22.1 Å². The van der Waals surface area contributed by atoms with Crippen molar-refractivity contribution in [1.82, 2.24) is 23.9 Å². The zero-order chi connectivity index (χ0) is 26.7. The molecule has 0 fully saturated rings. The van der Waals surface area contributed by atoms with Crippen molar-refractivity contribution in [2.75, 3.05) is 0 Å². The second-order valence-corrected chi connectivity index (χ2v) is 10.9. The molecular weight excluding hydrogens is 502 g/mol. The summed E-state index contributed by atoms with van der Waals surface area (Å²) in [7, 11) is 0. The predicted octanol–water partition coefficient (Wildman–Crippen LogP) is 8.25. The first-order valence-corrected chi connectivity index (χ1v) is 13.9. The second kappa shape index (κ2) is 7.55. The highest BCUT2D eigenvalue weighted by Gasteiger charge is 2.26. The highest BCUT2D eigenvalue weighted by Crippen LogP contribution is 2.46. The minimum Gasteiger partial charge on any atom is -0.309 e. The summed E-state index contributed by atoms with van der Waals surface area (Å²) < 4.78 is 4.61. The number of para-hydroxylation sites is 1. The highest BCUT2D eigenvalue weighted by molar-refractivity contribution is 6.22. The van der Waals surface area contributed by atoms with Crippen molar-refractivity contribution in [3.63, 3.8) is 0 Å². The second-order valence-electron chi connectivity index (χ2n) is 10.9. The van der Waals surface area contributed by atoms with Crippen LogP contribution in [0.15, 0.2) is 116 Å². The Morgan fingerprint density at radius 1 is 0.585 bits per heavy atom. The monoisotopic (exact) mass is 523 g/mol. The lowest BCUT2D eigenvalue weighted by Crippen LogP contribution is -1.97. The molecule has 0 unspecified atom stereocenters. The van der Waals surface area contributed by atoms with Crippen molar-refractivity contribution < 1.29 is 0 Å². The fourth-order valence-corrected chi connectivity index (χ4v) is 7.10. The summed E-state index contributed by atoms with van der Waals surface area (Å²) in [6.45, 7) is 0. The maximum atomic E-state index is 5.10. The Hall–Kier alpha value is -5.55. The molecule has 5 heteroatoms. The van der Waals surface area contributed by atoms with Crippen LogP contribution in [0.2, 0.25) is 0 Å². The standard InChI is InChI=1S/C36H21N5/c1-2-9-23(10-3-1)40-31-20-27-28(35-39-29-12-6-17-38-36(29)41(35)30-13-7-16-37-33(27)30)19-26(31)25-15-14-22-18-21-8-4-5-11-24(21)32(22)34(25)40/h1-17,19-20H,18H2. The molecule has 190 valence electrons. The van der Waals surface area contributed by atoms with E-state index in [1.807, 2.05) is 30.6 Å². The van der Waals surface area contributed by atoms with Gasteiger partial charge in [-0.3, -0.25) is 9.38 Å². The minimum atomic E-state index is 0.851. The van der Waals surface area contributed by atoms with Crippen LogP contribution in [0.5, 0.6) is 0 Å². The topological polar surface area (TPSA) is 48.0 Å². The summed E-state index contributed by atoms with van der Waals surface area (Å²) in [4.78, 5) is 14.7. The van der Waals surface area contributed by atoms with Gasteiger partial charge in [-0.2, -0.15) is 0 Å². The summed E-state index contributed by atoms with van der Waals surface area (Å²) in [5.41, 5.74) is 13.6. The smallest absolute Gasteiger partial charge is 0.165 e. The number of pyridine rings is 3. The van der Waals surface area contributed by atoms with Crippen molar-refractivity contribution in [3.8, 4) is 16.8 Å². The quantitative estimate of drug-likeness (QED) is 0.204. The lowest BCUT2D eigenvalue weighted by atomic mass is 10.0. The molecule has 10 rings (SSSR count). The zero-order valence-electron chi connectivity index (χ0n) is 21.9. The molecule has 41 heavy (non-hydrogen) atoms. The first-order chi connectivity index (χ1) is 20.3. The van der Waals surface area contributed by atoms with Gasteiger partial charge in [0.25, 0.3) is 0 Å². The van der Waals surface area contributed by atoms with Gasteiger partial charge in [-0.15, -0.1) is 0 Å². The molecule has 1 aliphatic rings. The molecule has 5 heterocycles. The van der Waals surface area contributed by atoms with E-state index in [-0.39, 0.29) is 0 Å². The Balaban J connectivity index is 1.47. The fraction of sp³-hybridized carbons (Fsp3) is 0.0278. The van der Waals surface area contributed by atoms with E-state index in [1.54, 1.807) is 0 Å². The van der Waals surface area contributed by atoms with Crippen molar-refractivity contribution >= 4 is 60.4 Å². The molecule has 0 spiro atoms. The summed E-state index contributed by atoms with van der Waals surface area (Å²) in [5.74, 6) is 0. The third kappa shape index (κ3) is 2.68. The highest BCUT2D eigenvalue weighted by atomic mass is 15.1. The number of fused-ring (bicyclic) bond motifs is 15. The van der Waals surface area contributed by atoms with Crippen molar-refractivity contribution in [2.24, 2.45) is 0 Å². The Labute approximate surface area is 234 Å². The maximum absolute atomic E-state index is 5.10. The zero-order valence-corrected chi connectivity index (χ0v) is 21.9. The molecule has 1 aliphatic carbocycles. The van der Waals surface area contributed by atoms with Gasteiger partial charge in [-0.1, -0.05) is 54.6 Å². The van der Waals surface area contributed by atoms with Crippen molar-refractivity contribution in [2.45, 2.75) is 6.42 Å². The molecule has 0 N–H and O–H groups in total. The molecule has 4 aromatic carbocycles. The first kappa shape index (κ1) is 21.3. The van der Waals surface area contributed by atoms with Crippen molar-refractivity contribution in [3.05, 3.63) is 127 Å². The third-order valence-corrected chi connectivity index (χ3v) is 8.78. The average Bonchev–Trinajstić information content (AvgIpc) is 3.70. The Kier molecular flexibility index (Phi) is 3.92. The number of hydrogen-bond donors (Lipinski definition) is 0. The van der Waals surface area contributed by atoms with Crippen LogP contribution in [0.1, 0.15) is 11.1 Å². The Morgan fingerprint density at radius 3 is 2.39 bits per heavy atom.